The van der Waals surface area contributed by atoms with E-state index in [1.807, 2.05) is 182 Å². The van der Waals surface area contributed by atoms with Crippen LogP contribution >= 0.6 is 0 Å². The maximum atomic E-state index is 12.1. The standard InChI is InChI=1S/C57H60O11/c1-2-33-61-56-50(58)53(63-37-45-27-15-6-16-28-45)52(49(66-56)41-60-35-43-23-11-4-12-24-43)68-57-55(65-39-47-31-19-8-20-32-47)54(64-38-46-29-17-7-18-30-46)51(62-36-44-25-13-5-14-26-44)48(67-57)40-59-34-42-21-9-3-10-22-42/h1,3-32,48-58H,33-41H2/t48-,49-,50-,51+,52-,53-,54+,55-,56-,57+/m1/s1. The third kappa shape index (κ3) is 14.2. The molecule has 2 fully saturated rings. The molecule has 2 saturated heterocycles. The molecular formula is C57H60O11. The molecule has 0 aromatic heterocycles. The molecule has 1 N–H and O–H groups in total. The van der Waals surface area contributed by atoms with Gasteiger partial charge >= 0.3 is 0 Å². The minimum Gasteiger partial charge on any atom is -0.385 e. The van der Waals surface area contributed by atoms with Crippen LogP contribution in [0.3, 0.4) is 0 Å². The van der Waals surface area contributed by atoms with Crippen LogP contribution in [0.15, 0.2) is 182 Å². The van der Waals surface area contributed by atoms with Crippen molar-refractivity contribution >= 4 is 0 Å². The number of ether oxygens (including phenoxy) is 10. The van der Waals surface area contributed by atoms with Gasteiger partial charge < -0.3 is 52.5 Å². The number of hydrogen-bond acceptors (Lipinski definition) is 11. The molecule has 11 heteroatoms. The Morgan fingerprint density at radius 1 is 0.382 bits per heavy atom. The van der Waals surface area contributed by atoms with E-state index >= 15 is 0 Å². The van der Waals surface area contributed by atoms with Gasteiger partial charge in [-0.1, -0.05) is 188 Å². The Morgan fingerprint density at radius 3 is 1.13 bits per heavy atom. The Morgan fingerprint density at radius 2 is 0.721 bits per heavy atom. The highest BCUT2D eigenvalue weighted by Gasteiger charge is 2.54. The summed E-state index contributed by atoms with van der Waals surface area (Å²) in [5, 5.41) is 12.1. The Hall–Kier alpha value is -5.56. The second-order valence-electron chi connectivity index (χ2n) is 16.7. The summed E-state index contributed by atoms with van der Waals surface area (Å²) >= 11 is 0. The van der Waals surface area contributed by atoms with E-state index in [2.05, 4.69) is 5.92 Å². The van der Waals surface area contributed by atoms with Gasteiger partial charge in [0, 0.05) is 0 Å². The van der Waals surface area contributed by atoms with Crippen LogP contribution in [0.1, 0.15) is 33.4 Å². The van der Waals surface area contributed by atoms with Gasteiger partial charge in [-0.2, -0.15) is 0 Å². The number of rotatable bonds is 24. The molecule has 2 heterocycles. The van der Waals surface area contributed by atoms with E-state index in [0.717, 1.165) is 33.4 Å². The lowest BCUT2D eigenvalue weighted by molar-refractivity contribution is -0.373. The van der Waals surface area contributed by atoms with Crippen molar-refractivity contribution in [2.75, 3.05) is 19.8 Å². The van der Waals surface area contributed by atoms with Crippen LogP contribution in [-0.2, 0) is 87.0 Å². The molecule has 68 heavy (non-hydrogen) atoms. The SMILES string of the molecule is C#CCO[C@@H]1O[C@H](COCc2ccccc2)[C@@H](O[C@@H]2O[C@H](COCc3ccccc3)[C@H](OCc3ccccc3)[C@H](OCc3ccccc3)[C@H]2OCc2ccccc2)[C@H](OCc2ccccc2)[C@H]1O. The average Bonchev–Trinajstić information content (AvgIpc) is 3.39. The number of aliphatic hydroxyl groups is 1. The van der Waals surface area contributed by atoms with E-state index in [1.54, 1.807) is 0 Å². The molecule has 10 atom stereocenters. The van der Waals surface area contributed by atoms with E-state index in [9.17, 15) is 5.11 Å². The van der Waals surface area contributed by atoms with Gasteiger partial charge in [0.05, 0.1) is 52.9 Å². The molecule has 2 aliphatic heterocycles. The van der Waals surface area contributed by atoms with Gasteiger partial charge in [0.2, 0.25) is 0 Å². The van der Waals surface area contributed by atoms with Crippen LogP contribution in [-0.4, -0.2) is 86.3 Å². The minimum absolute atomic E-state index is 0.0377. The molecule has 6 aromatic rings. The first-order valence-corrected chi connectivity index (χ1v) is 23.2. The number of benzene rings is 6. The maximum Gasteiger partial charge on any atom is 0.187 e. The first-order chi connectivity index (χ1) is 33.6. The first-order valence-electron chi connectivity index (χ1n) is 23.2. The zero-order valence-electron chi connectivity index (χ0n) is 38.1. The zero-order chi connectivity index (χ0) is 46.6. The largest absolute Gasteiger partial charge is 0.385 e. The van der Waals surface area contributed by atoms with Gasteiger partial charge in [0.15, 0.2) is 12.6 Å². The molecule has 0 radical (unpaired) electrons. The fraction of sp³-hybridized carbons (Fsp3) is 0.333. The summed E-state index contributed by atoms with van der Waals surface area (Å²) in [6.07, 6.45) is -4.02. The predicted octanol–water partition coefficient (Wildman–Crippen LogP) is 8.61. The van der Waals surface area contributed by atoms with Crippen LogP contribution in [0.25, 0.3) is 0 Å². The van der Waals surface area contributed by atoms with Crippen molar-refractivity contribution in [1.29, 1.82) is 0 Å². The number of terminal acetylenes is 1. The second-order valence-corrected chi connectivity index (χ2v) is 16.7. The fourth-order valence-electron chi connectivity index (χ4n) is 8.30. The summed E-state index contributed by atoms with van der Waals surface area (Å²) in [5.41, 5.74) is 5.74. The third-order valence-electron chi connectivity index (χ3n) is 11.8. The normalized spacial score (nSPS) is 24.8. The molecule has 11 nitrogen and oxygen atoms in total. The Balaban J connectivity index is 1.17. The monoisotopic (exact) mass is 920 g/mol. The first kappa shape index (κ1) is 48.9. The summed E-state index contributed by atoms with van der Waals surface area (Å²) < 4.78 is 67.1. The highest BCUT2D eigenvalue weighted by atomic mass is 16.8. The van der Waals surface area contributed by atoms with Crippen molar-refractivity contribution in [2.24, 2.45) is 0 Å². The summed E-state index contributed by atoms with van der Waals surface area (Å²) in [6, 6.07) is 59.3. The number of aliphatic hydroxyl groups excluding tert-OH is 1. The number of hydrogen-bond donors (Lipinski definition) is 1. The maximum absolute atomic E-state index is 12.1. The Bertz CT molecular complexity index is 2340. The zero-order valence-corrected chi connectivity index (χ0v) is 38.1. The van der Waals surface area contributed by atoms with Gasteiger partial charge in [0.25, 0.3) is 0 Å². The van der Waals surface area contributed by atoms with Crippen molar-refractivity contribution < 1.29 is 52.5 Å². The van der Waals surface area contributed by atoms with E-state index in [0.29, 0.717) is 13.2 Å². The Kier molecular flexibility index (Phi) is 18.9. The Labute approximate surface area is 399 Å². The molecule has 0 spiro atoms. The lowest BCUT2D eigenvalue weighted by atomic mass is 9.96. The molecule has 0 saturated carbocycles. The quantitative estimate of drug-likeness (QED) is 0.0590. The topological polar surface area (TPSA) is 113 Å². The van der Waals surface area contributed by atoms with Crippen LogP contribution in [0, 0.1) is 12.3 Å². The average molecular weight is 921 g/mol. The summed E-state index contributed by atoms with van der Waals surface area (Å²) in [5.74, 6) is 2.49. The molecule has 354 valence electrons. The van der Waals surface area contributed by atoms with Crippen LogP contribution in [0.5, 0.6) is 0 Å². The highest BCUT2D eigenvalue weighted by Crippen LogP contribution is 2.36. The van der Waals surface area contributed by atoms with Gasteiger partial charge in [-0.3, -0.25) is 0 Å². The van der Waals surface area contributed by atoms with Gasteiger partial charge in [0.1, 0.15) is 55.4 Å². The smallest absolute Gasteiger partial charge is 0.187 e. The van der Waals surface area contributed by atoms with Crippen molar-refractivity contribution in [2.45, 2.75) is 101 Å². The van der Waals surface area contributed by atoms with Gasteiger partial charge in [-0.15, -0.1) is 6.42 Å². The predicted molar refractivity (Wildman–Crippen MR) is 255 cm³/mol. The van der Waals surface area contributed by atoms with Crippen LogP contribution in [0.2, 0.25) is 0 Å². The lowest BCUT2D eigenvalue weighted by Gasteiger charge is -2.49. The van der Waals surface area contributed by atoms with Crippen LogP contribution < -0.4 is 0 Å². The van der Waals surface area contributed by atoms with E-state index in [-0.39, 0.29) is 46.2 Å². The van der Waals surface area contributed by atoms with Crippen molar-refractivity contribution in [3.8, 4) is 12.3 Å². The molecule has 0 aliphatic carbocycles. The molecule has 0 unspecified atom stereocenters. The van der Waals surface area contributed by atoms with E-state index in [1.165, 1.54) is 0 Å². The molecule has 2 aliphatic rings. The highest BCUT2D eigenvalue weighted by molar-refractivity contribution is 5.18. The summed E-state index contributed by atoms with van der Waals surface area (Å²) in [6.45, 7) is 1.53. The van der Waals surface area contributed by atoms with Gasteiger partial charge in [-0.25, -0.2) is 0 Å². The van der Waals surface area contributed by atoms with Crippen molar-refractivity contribution in [1.82, 2.24) is 0 Å². The second kappa shape index (κ2) is 26.3. The van der Waals surface area contributed by atoms with Crippen LogP contribution in [0.4, 0.5) is 0 Å². The lowest BCUT2D eigenvalue weighted by Crippen LogP contribution is -2.66. The van der Waals surface area contributed by atoms with E-state index in [4.69, 9.17) is 53.8 Å². The molecular weight excluding hydrogens is 861 g/mol. The summed E-state index contributed by atoms with van der Waals surface area (Å²) in [7, 11) is 0. The molecule has 0 bridgehead atoms. The van der Waals surface area contributed by atoms with Gasteiger partial charge in [-0.05, 0) is 33.4 Å². The molecule has 8 rings (SSSR count). The third-order valence-corrected chi connectivity index (χ3v) is 11.8. The van der Waals surface area contributed by atoms with Crippen molar-refractivity contribution in [3.05, 3.63) is 215 Å². The summed E-state index contributed by atoms with van der Waals surface area (Å²) in [4.78, 5) is 0. The molecule has 6 aromatic carbocycles. The minimum atomic E-state index is -1.34. The molecule has 0 amide bonds. The van der Waals surface area contributed by atoms with Crippen molar-refractivity contribution in [3.63, 3.8) is 0 Å². The van der Waals surface area contributed by atoms with E-state index < -0.39 is 61.4 Å². The fourth-order valence-corrected chi connectivity index (χ4v) is 8.30.